The number of sulfone groups is 1. The molecule has 0 aromatic carbocycles. The maximum atomic E-state index is 11.5. The molecule has 0 radical (unpaired) electrons. The second-order valence-electron chi connectivity index (χ2n) is 7.02. The minimum absolute atomic E-state index is 0.158. The van der Waals surface area contributed by atoms with E-state index in [9.17, 15) is 8.42 Å². The Morgan fingerprint density at radius 3 is 2.46 bits per heavy atom. The molecule has 7 nitrogen and oxygen atoms in total. The fraction of sp³-hybridized carbons (Fsp3) is 0.500. The van der Waals surface area contributed by atoms with Gasteiger partial charge in [-0.05, 0) is 30.9 Å². The predicted octanol–water partition coefficient (Wildman–Crippen LogP) is 1.36. The summed E-state index contributed by atoms with van der Waals surface area (Å²) in [6.07, 6.45) is 5.36. The monoisotopic (exact) mass is 350 g/mol. The molecule has 2 aromatic rings. The number of pyridine rings is 2. The number of nitrogens with zero attached hydrogens (tertiary/aromatic N) is 2. The van der Waals surface area contributed by atoms with E-state index in [1.54, 1.807) is 18.5 Å². The Labute approximate surface area is 141 Å². The van der Waals surface area contributed by atoms with Gasteiger partial charge in [0.2, 0.25) is 5.88 Å². The molecule has 1 aliphatic carbocycles. The van der Waals surface area contributed by atoms with Crippen LogP contribution < -0.4 is 16.2 Å². The highest BCUT2D eigenvalue weighted by Crippen LogP contribution is 2.35. The molecule has 3 rings (SSSR count). The first-order valence-corrected chi connectivity index (χ1v) is 9.70. The summed E-state index contributed by atoms with van der Waals surface area (Å²) in [6.45, 7) is 3.78. The summed E-state index contributed by atoms with van der Waals surface area (Å²) in [5.74, 6) is 0.827. The van der Waals surface area contributed by atoms with E-state index in [0.29, 0.717) is 24.5 Å². The molecular formula is C16H22N4O3S. The highest BCUT2D eigenvalue weighted by Gasteiger charge is 2.38. The molecule has 8 heteroatoms. The van der Waals surface area contributed by atoms with Crippen LogP contribution >= 0.6 is 0 Å². The van der Waals surface area contributed by atoms with Crippen LogP contribution in [0.1, 0.15) is 32.3 Å². The van der Waals surface area contributed by atoms with Gasteiger partial charge in [0, 0.05) is 37.0 Å². The average Bonchev–Trinajstić information content (AvgIpc) is 2.38. The van der Waals surface area contributed by atoms with Gasteiger partial charge in [0.15, 0.2) is 9.84 Å². The van der Waals surface area contributed by atoms with E-state index in [1.165, 1.54) is 6.26 Å². The summed E-state index contributed by atoms with van der Waals surface area (Å²) >= 11 is 0. The van der Waals surface area contributed by atoms with Gasteiger partial charge in [-0.15, -0.1) is 0 Å². The molecule has 1 fully saturated rings. The van der Waals surface area contributed by atoms with Crippen LogP contribution in [0, 0.1) is 0 Å². The van der Waals surface area contributed by atoms with Crippen molar-refractivity contribution >= 4 is 26.4 Å². The Balaban J connectivity index is 1.93. The van der Waals surface area contributed by atoms with Crippen LogP contribution in [0.5, 0.6) is 5.88 Å². The van der Waals surface area contributed by atoms with Crippen LogP contribution in [0.3, 0.4) is 0 Å². The Hall–Kier alpha value is -1.93. The van der Waals surface area contributed by atoms with E-state index in [-0.39, 0.29) is 11.4 Å². The number of anilines is 1. The van der Waals surface area contributed by atoms with E-state index >= 15 is 0 Å². The normalized spacial score (nSPS) is 21.5. The van der Waals surface area contributed by atoms with Crippen molar-refractivity contribution < 1.29 is 13.2 Å². The summed E-state index contributed by atoms with van der Waals surface area (Å²) in [7, 11) is -3.01. The molecule has 0 unspecified atom stereocenters. The van der Waals surface area contributed by atoms with Crippen molar-refractivity contribution in [2.45, 2.75) is 43.6 Å². The van der Waals surface area contributed by atoms with Crippen molar-refractivity contribution in [3.8, 4) is 5.88 Å². The molecule has 0 spiro atoms. The number of aromatic nitrogens is 2. The number of hydrogen-bond donors (Lipinski definition) is 2. The second kappa shape index (κ2) is 5.56. The average molecular weight is 350 g/mol. The molecule has 0 atom stereocenters. The summed E-state index contributed by atoms with van der Waals surface area (Å²) < 4.78 is 28.9. The van der Waals surface area contributed by atoms with Gasteiger partial charge in [-0.3, -0.25) is 0 Å². The van der Waals surface area contributed by atoms with Crippen molar-refractivity contribution in [2.75, 3.05) is 12.0 Å². The zero-order valence-electron chi connectivity index (χ0n) is 14.0. The van der Waals surface area contributed by atoms with Crippen LogP contribution in [-0.2, 0) is 15.4 Å². The number of hydrogen-bond acceptors (Lipinski definition) is 7. The first kappa shape index (κ1) is 16.9. The largest absolute Gasteiger partial charge is 0.474 e. The lowest BCUT2D eigenvalue weighted by atomic mass is 9.92. The van der Waals surface area contributed by atoms with Crippen LogP contribution in [-0.4, -0.2) is 36.0 Å². The van der Waals surface area contributed by atoms with Crippen molar-refractivity contribution in [1.82, 2.24) is 9.97 Å². The maximum Gasteiger partial charge on any atom is 0.223 e. The maximum absolute atomic E-state index is 11.5. The van der Waals surface area contributed by atoms with Gasteiger partial charge in [-0.1, -0.05) is 0 Å². The molecule has 1 aliphatic rings. The second-order valence-corrected chi connectivity index (χ2v) is 9.34. The fourth-order valence-corrected chi connectivity index (χ4v) is 3.98. The van der Waals surface area contributed by atoms with Crippen molar-refractivity contribution in [3.63, 3.8) is 0 Å². The molecule has 0 aliphatic heterocycles. The van der Waals surface area contributed by atoms with Gasteiger partial charge in [0.1, 0.15) is 11.9 Å². The number of rotatable bonds is 4. The minimum Gasteiger partial charge on any atom is -0.474 e. The molecule has 1 saturated carbocycles. The minimum atomic E-state index is -3.01. The lowest BCUT2D eigenvalue weighted by molar-refractivity contribution is 0.119. The lowest BCUT2D eigenvalue weighted by Gasteiger charge is -2.34. The smallest absolute Gasteiger partial charge is 0.223 e. The molecule has 0 bridgehead atoms. The quantitative estimate of drug-likeness (QED) is 0.854. The topological polar surface area (TPSA) is 121 Å². The van der Waals surface area contributed by atoms with Gasteiger partial charge in [0.25, 0.3) is 0 Å². The highest BCUT2D eigenvalue weighted by atomic mass is 32.2. The Kier molecular flexibility index (Phi) is 3.92. The number of ether oxygens (including phenoxy) is 1. The van der Waals surface area contributed by atoms with Crippen molar-refractivity contribution in [3.05, 3.63) is 24.0 Å². The molecule has 0 saturated heterocycles. The number of nitrogens with two attached hydrogens (primary N) is 2. The zero-order chi connectivity index (χ0) is 17.7. The number of nitrogen functional groups attached to an aromatic ring is 1. The lowest BCUT2D eigenvalue weighted by Crippen LogP contribution is -2.42. The van der Waals surface area contributed by atoms with Gasteiger partial charge in [-0.2, -0.15) is 0 Å². The summed E-state index contributed by atoms with van der Waals surface area (Å²) in [5, 5.41) is 1.24. The molecule has 130 valence electrons. The third kappa shape index (κ3) is 3.16. The van der Waals surface area contributed by atoms with E-state index in [0.717, 1.165) is 16.3 Å². The molecule has 2 heterocycles. The third-order valence-corrected chi connectivity index (χ3v) is 5.98. The van der Waals surface area contributed by atoms with E-state index in [4.69, 9.17) is 16.2 Å². The SMILES string of the molecule is CC(C)(N)c1cnc(O[C@H]2C[C@H](S(C)(=O)=O)C2)c2cnc(N)cc12. The summed E-state index contributed by atoms with van der Waals surface area (Å²) in [5.41, 5.74) is 12.3. The first-order valence-electron chi connectivity index (χ1n) is 7.75. The van der Waals surface area contributed by atoms with Crippen LogP contribution in [0.15, 0.2) is 18.5 Å². The summed E-state index contributed by atoms with van der Waals surface area (Å²) in [4.78, 5) is 8.50. The molecule has 0 amide bonds. The molecule has 2 aromatic heterocycles. The van der Waals surface area contributed by atoms with Crippen LogP contribution in [0.4, 0.5) is 5.82 Å². The zero-order valence-corrected chi connectivity index (χ0v) is 14.8. The van der Waals surface area contributed by atoms with Gasteiger partial charge in [-0.25, -0.2) is 18.4 Å². The van der Waals surface area contributed by atoms with E-state index in [1.807, 2.05) is 13.8 Å². The molecule has 4 N–H and O–H groups in total. The Morgan fingerprint density at radius 2 is 1.88 bits per heavy atom. The first-order chi connectivity index (χ1) is 11.1. The molecule has 24 heavy (non-hydrogen) atoms. The Morgan fingerprint density at radius 1 is 1.21 bits per heavy atom. The Bertz CT molecular complexity index is 884. The van der Waals surface area contributed by atoms with E-state index in [2.05, 4.69) is 9.97 Å². The molecular weight excluding hydrogens is 328 g/mol. The van der Waals surface area contributed by atoms with Gasteiger partial charge in [0.05, 0.1) is 10.6 Å². The number of fused-ring (bicyclic) bond motifs is 1. The van der Waals surface area contributed by atoms with Crippen molar-refractivity contribution in [1.29, 1.82) is 0 Å². The van der Waals surface area contributed by atoms with Crippen LogP contribution in [0.25, 0.3) is 10.8 Å². The van der Waals surface area contributed by atoms with Crippen LogP contribution in [0.2, 0.25) is 0 Å². The predicted molar refractivity (Wildman–Crippen MR) is 93.4 cm³/mol. The van der Waals surface area contributed by atoms with Crippen molar-refractivity contribution in [2.24, 2.45) is 5.73 Å². The van der Waals surface area contributed by atoms with E-state index < -0.39 is 15.4 Å². The standard InChI is InChI=1S/C16H22N4O3S/c1-16(2,18)13-8-20-15(12-7-19-14(17)6-11(12)13)23-9-4-10(5-9)24(3,21)22/h6-10H,4-5,18H2,1-3H3,(H2,17,19)/t9-,10-. The fourth-order valence-electron chi connectivity index (χ4n) is 2.86. The van der Waals surface area contributed by atoms with Gasteiger partial charge >= 0.3 is 0 Å². The third-order valence-electron chi connectivity index (χ3n) is 4.39. The van der Waals surface area contributed by atoms with Gasteiger partial charge < -0.3 is 16.2 Å². The summed E-state index contributed by atoms with van der Waals surface area (Å²) in [6, 6.07) is 1.76. The highest BCUT2D eigenvalue weighted by molar-refractivity contribution is 7.91.